The van der Waals surface area contributed by atoms with Crippen molar-refractivity contribution in [3.05, 3.63) is 86.6 Å². The zero-order valence-electron chi connectivity index (χ0n) is 18.4. The summed E-state index contributed by atoms with van der Waals surface area (Å²) in [6, 6.07) is 14.0. The summed E-state index contributed by atoms with van der Waals surface area (Å²) >= 11 is 0. The summed E-state index contributed by atoms with van der Waals surface area (Å²) in [6.07, 6.45) is 5.28. The number of para-hydroxylation sites is 1. The molecule has 2 aromatic rings. The van der Waals surface area contributed by atoms with Crippen LogP contribution in [0.2, 0.25) is 0 Å². The number of rotatable bonds is 5. The lowest BCUT2D eigenvalue weighted by molar-refractivity contribution is -0.384. The molecule has 2 aliphatic heterocycles. The van der Waals surface area contributed by atoms with E-state index in [1.54, 1.807) is 18.3 Å². The van der Waals surface area contributed by atoms with Crippen LogP contribution < -0.4 is 5.32 Å². The normalized spacial score (nSPS) is 20.5. The van der Waals surface area contributed by atoms with Crippen molar-refractivity contribution < 1.29 is 14.5 Å². The van der Waals surface area contributed by atoms with Gasteiger partial charge in [-0.1, -0.05) is 30.3 Å². The number of non-ortho nitro benzene ring substituents is 1. The van der Waals surface area contributed by atoms with Gasteiger partial charge < -0.3 is 15.0 Å². The van der Waals surface area contributed by atoms with Crippen LogP contribution in [-0.2, 0) is 9.53 Å². The van der Waals surface area contributed by atoms with Crippen LogP contribution >= 0.6 is 0 Å². The van der Waals surface area contributed by atoms with E-state index < -0.39 is 0 Å². The number of hydrogen-bond donors (Lipinski definition) is 1. The number of benzene rings is 2. The molecule has 9 heteroatoms. The second kappa shape index (κ2) is 9.40. The lowest BCUT2D eigenvalue weighted by Crippen LogP contribution is -2.36. The molecule has 9 nitrogen and oxygen atoms in total. The molecule has 0 saturated carbocycles. The monoisotopic (exact) mass is 457 g/mol. The van der Waals surface area contributed by atoms with Crippen molar-refractivity contribution in [3.63, 3.8) is 0 Å². The number of nitrogens with one attached hydrogen (secondary N) is 1. The predicted octanol–water partition coefficient (Wildman–Crippen LogP) is 3.79. The van der Waals surface area contributed by atoms with Crippen LogP contribution in [0.25, 0.3) is 6.08 Å². The van der Waals surface area contributed by atoms with Gasteiger partial charge in [-0.15, -0.1) is 5.10 Å². The fraction of sp³-hybridized carbons (Fsp3) is 0.240. The Kier molecular flexibility index (Phi) is 6.01. The standard InChI is InChI=1S/C25H23N5O4/c31-25-23(21-6-1-2-7-22(21)27-25)28-26-16-19-9-8-18(24(19)29-10-12-34-13-11-29)14-17-4-3-5-20(15-17)30(32)33/h1-7,14-16H,8-13H2,(H,27,28,31)/b18-14-,26-16+. The molecule has 34 heavy (non-hydrogen) atoms. The molecule has 1 N–H and O–H groups in total. The number of nitro groups is 1. The van der Waals surface area contributed by atoms with Crippen molar-refractivity contribution in [2.75, 3.05) is 31.6 Å². The topological polar surface area (TPSA) is 109 Å². The molecule has 1 saturated heterocycles. The van der Waals surface area contributed by atoms with Gasteiger partial charge in [0.05, 0.1) is 30.0 Å². The number of carbonyl (C=O) groups is 1. The van der Waals surface area contributed by atoms with E-state index in [1.165, 1.54) is 6.07 Å². The van der Waals surface area contributed by atoms with Gasteiger partial charge in [0.25, 0.3) is 11.6 Å². The first kappa shape index (κ1) is 21.7. The number of carbonyl (C=O) groups excluding carboxylic acids is 1. The summed E-state index contributed by atoms with van der Waals surface area (Å²) in [5, 5.41) is 22.5. The molecule has 0 aromatic heterocycles. The second-order valence-corrected chi connectivity index (χ2v) is 8.19. The first-order chi connectivity index (χ1) is 16.6. The van der Waals surface area contributed by atoms with E-state index in [2.05, 4.69) is 20.4 Å². The average molecular weight is 457 g/mol. The third-order valence-electron chi connectivity index (χ3n) is 6.04. The lowest BCUT2D eigenvalue weighted by atomic mass is 10.1. The van der Waals surface area contributed by atoms with Crippen molar-refractivity contribution in [1.82, 2.24) is 4.90 Å². The fourth-order valence-electron chi connectivity index (χ4n) is 4.46. The minimum absolute atomic E-state index is 0.0666. The van der Waals surface area contributed by atoms with Gasteiger partial charge in [-0.25, -0.2) is 0 Å². The van der Waals surface area contributed by atoms with Crippen molar-refractivity contribution in [1.29, 1.82) is 0 Å². The molecule has 2 aromatic carbocycles. The van der Waals surface area contributed by atoms with Crippen molar-refractivity contribution in [3.8, 4) is 0 Å². The third kappa shape index (κ3) is 4.38. The van der Waals surface area contributed by atoms with Gasteiger partial charge in [-0.05, 0) is 41.7 Å². The van der Waals surface area contributed by atoms with E-state index in [0.717, 1.165) is 59.6 Å². The maximum absolute atomic E-state index is 12.3. The van der Waals surface area contributed by atoms with Gasteiger partial charge in [0.1, 0.15) is 0 Å². The number of hydrogen-bond acceptors (Lipinski definition) is 7. The molecule has 0 bridgehead atoms. The van der Waals surface area contributed by atoms with Crippen LogP contribution in [0.1, 0.15) is 24.0 Å². The van der Waals surface area contributed by atoms with Gasteiger partial charge in [-0.3, -0.25) is 14.9 Å². The molecule has 0 radical (unpaired) electrons. The fourth-order valence-corrected chi connectivity index (χ4v) is 4.46. The van der Waals surface area contributed by atoms with Crippen LogP contribution in [0, 0.1) is 10.1 Å². The molecule has 1 aliphatic carbocycles. The largest absolute Gasteiger partial charge is 0.378 e. The van der Waals surface area contributed by atoms with Gasteiger partial charge in [0, 0.05) is 36.5 Å². The van der Waals surface area contributed by atoms with Crippen molar-refractivity contribution >= 4 is 35.3 Å². The van der Waals surface area contributed by atoms with Crippen molar-refractivity contribution in [2.24, 2.45) is 10.2 Å². The number of nitro benzene ring substituents is 1. The minimum atomic E-state index is -0.385. The number of amides is 1. The Morgan fingerprint density at radius 1 is 1.09 bits per heavy atom. The third-order valence-corrected chi connectivity index (χ3v) is 6.04. The summed E-state index contributed by atoms with van der Waals surface area (Å²) in [5.74, 6) is -0.265. The summed E-state index contributed by atoms with van der Waals surface area (Å²) in [7, 11) is 0. The predicted molar refractivity (Wildman–Crippen MR) is 130 cm³/mol. The van der Waals surface area contributed by atoms with Crippen LogP contribution in [0.3, 0.4) is 0 Å². The van der Waals surface area contributed by atoms with Crippen LogP contribution in [0.5, 0.6) is 0 Å². The average Bonchev–Trinajstić information content (AvgIpc) is 3.40. The molecular weight excluding hydrogens is 434 g/mol. The highest BCUT2D eigenvalue weighted by atomic mass is 16.6. The first-order valence-corrected chi connectivity index (χ1v) is 11.1. The van der Waals surface area contributed by atoms with E-state index in [0.29, 0.717) is 18.9 Å². The quantitative estimate of drug-likeness (QED) is 0.417. The highest BCUT2D eigenvalue weighted by Crippen LogP contribution is 2.35. The summed E-state index contributed by atoms with van der Waals surface area (Å²) in [6.45, 7) is 2.78. The maximum atomic E-state index is 12.3. The molecule has 0 atom stereocenters. The highest BCUT2D eigenvalue weighted by Gasteiger charge is 2.27. The molecular formula is C25H23N5O4. The molecule has 5 rings (SSSR count). The molecule has 3 aliphatic rings. The zero-order chi connectivity index (χ0) is 23.5. The first-order valence-electron chi connectivity index (χ1n) is 11.1. The van der Waals surface area contributed by atoms with Gasteiger partial charge >= 0.3 is 0 Å². The minimum Gasteiger partial charge on any atom is -0.378 e. The smallest absolute Gasteiger partial charge is 0.276 e. The van der Waals surface area contributed by atoms with Crippen LogP contribution in [-0.4, -0.2) is 54.0 Å². The van der Waals surface area contributed by atoms with E-state index in [4.69, 9.17) is 4.74 Å². The Bertz CT molecular complexity index is 1270. The molecule has 2 heterocycles. The Labute approximate surface area is 196 Å². The number of ether oxygens (including phenoxy) is 1. The van der Waals surface area contributed by atoms with E-state index in [-0.39, 0.29) is 16.5 Å². The van der Waals surface area contributed by atoms with E-state index in [9.17, 15) is 14.9 Å². The summed E-state index contributed by atoms with van der Waals surface area (Å²) in [5.41, 5.74) is 5.81. The molecule has 0 spiro atoms. The molecule has 172 valence electrons. The zero-order valence-corrected chi connectivity index (χ0v) is 18.4. The van der Waals surface area contributed by atoms with Gasteiger partial charge in [0.2, 0.25) is 0 Å². The summed E-state index contributed by atoms with van der Waals surface area (Å²) in [4.78, 5) is 25.4. The SMILES string of the molecule is O=C1Nc2ccccc2/C1=N\N=C\C1=C(N2CCOCC2)C(=C\c2cccc([N+](=O)[O-])c2)/CC1. The maximum Gasteiger partial charge on any atom is 0.276 e. The molecule has 0 unspecified atom stereocenters. The van der Waals surface area contributed by atoms with Crippen LogP contribution in [0.15, 0.2) is 75.6 Å². The molecule has 1 amide bonds. The number of morpholine rings is 1. The Hall–Kier alpha value is -4.11. The lowest BCUT2D eigenvalue weighted by Gasteiger charge is -2.31. The number of fused-ring (bicyclic) bond motifs is 1. The second-order valence-electron chi connectivity index (χ2n) is 8.19. The molecule has 1 fully saturated rings. The number of anilines is 1. The summed E-state index contributed by atoms with van der Waals surface area (Å²) < 4.78 is 5.53. The Morgan fingerprint density at radius 2 is 1.91 bits per heavy atom. The highest BCUT2D eigenvalue weighted by molar-refractivity contribution is 6.53. The van der Waals surface area contributed by atoms with Gasteiger partial charge in [0.15, 0.2) is 5.71 Å². The number of allylic oxidation sites excluding steroid dienone is 2. The van der Waals surface area contributed by atoms with Gasteiger partial charge in [-0.2, -0.15) is 5.10 Å². The van der Waals surface area contributed by atoms with E-state index >= 15 is 0 Å². The van der Waals surface area contributed by atoms with E-state index in [1.807, 2.05) is 36.4 Å². The Balaban J connectivity index is 1.48. The van der Waals surface area contributed by atoms with Crippen molar-refractivity contribution in [2.45, 2.75) is 12.8 Å². The van der Waals surface area contributed by atoms with Crippen LogP contribution in [0.4, 0.5) is 11.4 Å². The number of nitrogens with zero attached hydrogens (tertiary/aromatic N) is 4. The Morgan fingerprint density at radius 3 is 2.74 bits per heavy atom.